The molecule has 0 unspecified atom stereocenters. The lowest BCUT2D eigenvalue weighted by Gasteiger charge is -2.31. The van der Waals surface area contributed by atoms with Crippen LogP contribution in [0.2, 0.25) is 5.02 Å². The topological polar surface area (TPSA) is 128 Å². The number of amides is 1. The Balaban J connectivity index is 1.53. The molecule has 0 aliphatic carbocycles. The molecule has 1 amide bonds. The number of halogens is 1. The van der Waals surface area contributed by atoms with Gasteiger partial charge < -0.3 is 18.6 Å². The molecule has 228 valence electrons. The highest BCUT2D eigenvalue weighted by Crippen LogP contribution is 2.35. The highest BCUT2D eigenvalue weighted by atomic mass is 35.5. The first kappa shape index (κ1) is 30.8. The SMILES string of the molecule is Cc1noc(NS(=O)(=O)c2ccccc2-c2ccc(-c3ncco3)cc2CN(C)C(=O)C(C)(C)Oc2ccccc2Cl)c1C. The number of para-hydroxylation sites is 1. The zero-order valence-electron chi connectivity index (χ0n) is 24.8. The third-order valence-corrected chi connectivity index (χ3v) is 8.81. The second kappa shape index (κ2) is 12.2. The molecule has 0 radical (unpaired) electrons. The summed E-state index contributed by atoms with van der Waals surface area (Å²) < 4.78 is 46.6. The number of aromatic nitrogens is 2. The Morgan fingerprint density at radius 3 is 2.45 bits per heavy atom. The summed E-state index contributed by atoms with van der Waals surface area (Å²) in [5, 5.41) is 4.24. The summed E-state index contributed by atoms with van der Waals surface area (Å²) in [7, 11) is -2.45. The quantitative estimate of drug-likeness (QED) is 0.176. The molecule has 10 nitrogen and oxygen atoms in total. The van der Waals surface area contributed by atoms with Gasteiger partial charge in [-0.25, -0.2) is 18.1 Å². The van der Waals surface area contributed by atoms with E-state index in [1.54, 1.807) is 89.3 Å². The van der Waals surface area contributed by atoms with Crippen molar-refractivity contribution >= 4 is 33.4 Å². The fourth-order valence-electron chi connectivity index (χ4n) is 4.73. The highest BCUT2D eigenvalue weighted by molar-refractivity contribution is 7.92. The first-order valence-electron chi connectivity index (χ1n) is 13.6. The Morgan fingerprint density at radius 1 is 1.05 bits per heavy atom. The van der Waals surface area contributed by atoms with Crippen molar-refractivity contribution < 1.29 is 26.9 Å². The Kier molecular flexibility index (Phi) is 8.53. The molecule has 0 saturated carbocycles. The molecule has 0 aliphatic heterocycles. The third kappa shape index (κ3) is 6.34. The van der Waals surface area contributed by atoms with Gasteiger partial charge in [-0.3, -0.25) is 4.79 Å². The number of oxazole rings is 1. The van der Waals surface area contributed by atoms with Crippen molar-refractivity contribution in [1.82, 2.24) is 15.0 Å². The Labute approximate surface area is 260 Å². The minimum atomic E-state index is -4.11. The summed E-state index contributed by atoms with van der Waals surface area (Å²) in [6.45, 7) is 6.89. The third-order valence-electron chi connectivity index (χ3n) is 7.11. The standard InChI is InChI=1S/C32H31ClN4O6S/c1-20-21(2)35-43-29(20)36-44(39,40)28-13-9-6-10-25(28)24-15-14-22(30-34-16-17-41-30)18-23(24)19-37(5)31(38)32(3,4)42-27-12-8-7-11-26(27)33/h6-18,36H,19H2,1-5H3. The zero-order valence-corrected chi connectivity index (χ0v) is 26.4. The molecule has 0 fully saturated rings. The van der Waals surface area contributed by atoms with Crippen LogP contribution < -0.4 is 9.46 Å². The maximum Gasteiger partial charge on any atom is 0.266 e. The lowest BCUT2D eigenvalue weighted by Crippen LogP contribution is -2.47. The van der Waals surface area contributed by atoms with E-state index in [0.29, 0.717) is 50.2 Å². The van der Waals surface area contributed by atoms with Crippen LogP contribution in [0.1, 0.15) is 30.7 Å². The molecule has 0 spiro atoms. The molecule has 2 aromatic heterocycles. The van der Waals surface area contributed by atoms with Crippen LogP contribution in [0.25, 0.3) is 22.6 Å². The molecular weight excluding hydrogens is 604 g/mol. The van der Waals surface area contributed by atoms with Gasteiger partial charge in [-0.15, -0.1) is 0 Å². The average Bonchev–Trinajstić information content (AvgIpc) is 3.64. The molecule has 0 saturated heterocycles. The van der Waals surface area contributed by atoms with Gasteiger partial charge in [0, 0.05) is 30.3 Å². The molecule has 3 aromatic carbocycles. The van der Waals surface area contributed by atoms with E-state index in [4.69, 9.17) is 25.3 Å². The van der Waals surface area contributed by atoms with Crippen LogP contribution in [-0.2, 0) is 21.4 Å². The molecule has 0 bridgehead atoms. The molecule has 44 heavy (non-hydrogen) atoms. The number of carbonyl (C=O) groups excluding carboxylic acids is 1. The van der Waals surface area contributed by atoms with E-state index in [1.807, 2.05) is 6.07 Å². The minimum absolute atomic E-state index is 0.0231. The van der Waals surface area contributed by atoms with Gasteiger partial charge in [0.25, 0.3) is 15.9 Å². The largest absolute Gasteiger partial charge is 0.476 e. The second-order valence-electron chi connectivity index (χ2n) is 10.7. The number of anilines is 1. The van der Waals surface area contributed by atoms with Gasteiger partial charge >= 0.3 is 0 Å². The molecule has 2 heterocycles. The molecule has 5 rings (SSSR count). The van der Waals surface area contributed by atoms with Crippen LogP contribution in [0.4, 0.5) is 5.88 Å². The molecule has 0 atom stereocenters. The normalized spacial score (nSPS) is 11.8. The summed E-state index contributed by atoms with van der Waals surface area (Å²) in [5.41, 5.74) is 2.23. The van der Waals surface area contributed by atoms with E-state index in [1.165, 1.54) is 23.4 Å². The van der Waals surface area contributed by atoms with Gasteiger partial charge in [-0.05, 0) is 69.2 Å². The minimum Gasteiger partial charge on any atom is -0.476 e. The van der Waals surface area contributed by atoms with Gasteiger partial charge in [0.2, 0.25) is 11.8 Å². The predicted octanol–water partition coefficient (Wildman–Crippen LogP) is 6.88. The Bertz CT molecular complexity index is 1920. The van der Waals surface area contributed by atoms with E-state index in [9.17, 15) is 13.2 Å². The first-order chi connectivity index (χ1) is 20.9. The maximum absolute atomic E-state index is 13.7. The smallest absolute Gasteiger partial charge is 0.266 e. The predicted molar refractivity (Wildman–Crippen MR) is 167 cm³/mol. The van der Waals surface area contributed by atoms with E-state index in [0.717, 1.165) is 0 Å². The van der Waals surface area contributed by atoms with Crippen molar-refractivity contribution in [2.24, 2.45) is 0 Å². The van der Waals surface area contributed by atoms with Gasteiger partial charge in [-0.2, -0.15) is 0 Å². The summed E-state index contributed by atoms with van der Waals surface area (Å²) >= 11 is 6.28. The van der Waals surface area contributed by atoms with Crippen molar-refractivity contribution in [2.75, 3.05) is 11.8 Å². The van der Waals surface area contributed by atoms with Crippen molar-refractivity contribution in [1.29, 1.82) is 0 Å². The van der Waals surface area contributed by atoms with Crippen LogP contribution in [0, 0.1) is 13.8 Å². The zero-order chi connectivity index (χ0) is 31.6. The number of likely N-dealkylation sites (N-methyl/N-ethyl adjacent to an activating group) is 1. The van der Waals surface area contributed by atoms with Crippen molar-refractivity contribution in [2.45, 2.75) is 44.7 Å². The number of ether oxygens (including phenoxy) is 1. The van der Waals surface area contributed by atoms with E-state index in [-0.39, 0.29) is 23.2 Å². The number of nitrogens with zero attached hydrogens (tertiary/aromatic N) is 3. The van der Waals surface area contributed by atoms with Gasteiger partial charge in [0.1, 0.15) is 12.0 Å². The van der Waals surface area contributed by atoms with E-state index < -0.39 is 15.6 Å². The molecule has 1 N–H and O–H groups in total. The second-order valence-corrected chi connectivity index (χ2v) is 12.8. The van der Waals surface area contributed by atoms with Crippen LogP contribution >= 0.6 is 11.6 Å². The molecule has 5 aromatic rings. The number of hydrogen-bond donors (Lipinski definition) is 1. The molecular formula is C32H31ClN4O6S. The summed E-state index contributed by atoms with van der Waals surface area (Å²) in [6.07, 6.45) is 3.00. The fourth-order valence-corrected chi connectivity index (χ4v) is 6.17. The van der Waals surface area contributed by atoms with Gasteiger partial charge in [0.05, 0.1) is 21.8 Å². The summed E-state index contributed by atoms with van der Waals surface area (Å²) in [6, 6.07) is 19.0. The monoisotopic (exact) mass is 634 g/mol. The van der Waals surface area contributed by atoms with E-state index >= 15 is 0 Å². The van der Waals surface area contributed by atoms with Crippen LogP contribution in [-0.4, -0.2) is 42.0 Å². The lowest BCUT2D eigenvalue weighted by molar-refractivity contribution is -0.144. The van der Waals surface area contributed by atoms with Crippen LogP contribution in [0.3, 0.4) is 0 Å². The number of sulfonamides is 1. The number of rotatable bonds is 10. The van der Waals surface area contributed by atoms with E-state index in [2.05, 4.69) is 14.9 Å². The summed E-state index contributed by atoms with van der Waals surface area (Å²) in [4.78, 5) is 19.5. The van der Waals surface area contributed by atoms with Crippen molar-refractivity contribution in [3.63, 3.8) is 0 Å². The lowest BCUT2D eigenvalue weighted by atomic mass is 9.96. The first-order valence-corrected chi connectivity index (χ1v) is 15.5. The Morgan fingerprint density at radius 2 is 1.77 bits per heavy atom. The Hall–Kier alpha value is -4.61. The van der Waals surface area contributed by atoms with Gasteiger partial charge in [0.15, 0.2) is 5.60 Å². The summed E-state index contributed by atoms with van der Waals surface area (Å²) in [5.74, 6) is 0.496. The number of aryl methyl sites for hydroxylation is 1. The maximum atomic E-state index is 13.7. The van der Waals surface area contributed by atoms with Crippen LogP contribution in [0.15, 0.2) is 93.0 Å². The number of benzene rings is 3. The average molecular weight is 635 g/mol. The molecule has 0 aliphatic rings. The van der Waals surface area contributed by atoms with Gasteiger partial charge in [-0.1, -0.05) is 53.2 Å². The van der Waals surface area contributed by atoms with Crippen LogP contribution in [0.5, 0.6) is 5.75 Å². The number of carbonyl (C=O) groups is 1. The fraction of sp³-hybridized carbons (Fsp3) is 0.219. The molecule has 12 heteroatoms. The highest BCUT2D eigenvalue weighted by Gasteiger charge is 2.34. The number of nitrogens with one attached hydrogen (secondary N) is 1. The van der Waals surface area contributed by atoms with Crippen molar-refractivity contribution in [3.8, 4) is 28.3 Å². The van der Waals surface area contributed by atoms with Crippen molar-refractivity contribution in [3.05, 3.63) is 101 Å². The number of hydrogen-bond acceptors (Lipinski definition) is 8.